The van der Waals surface area contributed by atoms with Crippen molar-refractivity contribution in [3.05, 3.63) is 17.5 Å². The second-order valence-corrected chi connectivity index (χ2v) is 4.17. The van der Waals surface area contributed by atoms with Crippen molar-refractivity contribution in [2.24, 2.45) is 5.73 Å². The summed E-state index contributed by atoms with van der Waals surface area (Å²) < 4.78 is 0. The van der Waals surface area contributed by atoms with Crippen molar-refractivity contribution in [2.75, 3.05) is 11.9 Å². The molecule has 0 spiro atoms. The zero-order valence-corrected chi connectivity index (χ0v) is 9.17. The molecule has 0 aliphatic carbocycles. The lowest BCUT2D eigenvalue weighted by atomic mass is 10.0. The minimum absolute atomic E-state index is 0.104. The molecule has 0 radical (unpaired) electrons. The summed E-state index contributed by atoms with van der Waals surface area (Å²) in [5.41, 5.74) is 5.40. The summed E-state index contributed by atoms with van der Waals surface area (Å²) in [6.45, 7) is 4.74. The Bertz CT molecular complexity index is 301. The van der Waals surface area contributed by atoms with Crippen molar-refractivity contribution in [1.29, 1.82) is 0 Å². The molecule has 5 heteroatoms. The van der Waals surface area contributed by atoms with E-state index in [2.05, 4.69) is 29.1 Å². The molecule has 0 bridgehead atoms. The molecule has 0 aromatic carbocycles. The Morgan fingerprint density at radius 3 is 2.86 bits per heavy atom. The predicted octanol–water partition coefficient (Wildman–Crippen LogP) is 1.67. The lowest BCUT2D eigenvalue weighted by Crippen LogP contribution is -2.33. The molecule has 3 N–H and O–H groups in total. The van der Waals surface area contributed by atoms with E-state index < -0.39 is 0 Å². The van der Waals surface area contributed by atoms with Crippen LogP contribution in [-0.4, -0.2) is 22.1 Å². The van der Waals surface area contributed by atoms with Crippen LogP contribution in [0, 0.1) is 0 Å². The van der Waals surface area contributed by atoms with Gasteiger partial charge in [0.1, 0.15) is 17.2 Å². The van der Waals surface area contributed by atoms with Gasteiger partial charge >= 0.3 is 0 Å². The molecular weight excluding hydrogens is 200 g/mol. The highest BCUT2D eigenvalue weighted by molar-refractivity contribution is 6.32. The van der Waals surface area contributed by atoms with Gasteiger partial charge in [0.25, 0.3) is 0 Å². The van der Waals surface area contributed by atoms with Crippen LogP contribution in [0.4, 0.5) is 5.82 Å². The van der Waals surface area contributed by atoms with Gasteiger partial charge in [-0.1, -0.05) is 11.6 Å². The molecule has 0 saturated heterocycles. The van der Waals surface area contributed by atoms with Gasteiger partial charge in [-0.05, 0) is 26.8 Å². The molecule has 1 aromatic heterocycles. The summed E-state index contributed by atoms with van der Waals surface area (Å²) in [5.74, 6) is 0.653. The fourth-order valence-electron chi connectivity index (χ4n) is 1.15. The normalized spacial score (nSPS) is 11.4. The van der Waals surface area contributed by atoms with Gasteiger partial charge < -0.3 is 11.1 Å². The third kappa shape index (κ3) is 3.12. The number of halogens is 1. The standard InChI is InChI=1S/C9H15ClN4/c1-9(2,3-4-11)14-8-7(10)5-12-6-13-8/h5-6H,3-4,11H2,1-2H3,(H,12,13,14). The van der Waals surface area contributed by atoms with Gasteiger partial charge in [0.05, 0.1) is 6.20 Å². The summed E-state index contributed by atoms with van der Waals surface area (Å²) in [5, 5.41) is 3.75. The molecule has 4 nitrogen and oxygen atoms in total. The van der Waals surface area contributed by atoms with Gasteiger partial charge in [-0.2, -0.15) is 0 Å². The molecular formula is C9H15ClN4. The molecule has 0 aliphatic rings. The van der Waals surface area contributed by atoms with Crippen molar-refractivity contribution in [3.8, 4) is 0 Å². The third-order valence-electron chi connectivity index (χ3n) is 1.89. The topological polar surface area (TPSA) is 63.8 Å². The van der Waals surface area contributed by atoms with Crippen molar-refractivity contribution in [2.45, 2.75) is 25.8 Å². The van der Waals surface area contributed by atoms with Crippen LogP contribution in [0.2, 0.25) is 5.02 Å². The maximum Gasteiger partial charge on any atom is 0.148 e. The SMILES string of the molecule is CC(C)(CCN)Nc1ncncc1Cl. The molecule has 0 fully saturated rings. The third-order valence-corrected chi connectivity index (χ3v) is 2.17. The van der Waals surface area contributed by atoms with Gasteiger partial charge in [0, 0.05) is 5.54 Å². The molecule has 0 amide bonds. The van der Waals surface area contributed by atoms with Crippen LogP contribution in [-0.2, 0) is 0 Å². The average molecular weight is 215 g/mol. The Hall–Kier alpha value is -0.870. The van der Waals surface area contributed by atoms with Gasteiger partial charge in [0.2, 0.25) is 0 Å². The Morgan fingerprint density at radius 2 is 2.29 bits per heavy atom. The second kappa shape index (κ2) is 4.57. The van der Waals surface area contributed by atoms with Gasteiger partial charge in [-0.25, -0.2) is 9.97 Å². The number of nitrogens with one attached hydrogen (secondary N) is 1. The summed E-state index contributed by atoms with van der Waals surface area (Å²) in [6, 6.07) is 0. The maximum absolute atomic E-state index is 5.91. The van der Waals surface area contributed by atoms with E-state index in [-0.39, 0.29) is 5.54 Å². The Labute approximate surface area is 88.9 Å². The Balaban J connectivity index is 2.73. The molecule has 0 atom stereocenters. The van der Waals surface area contributed by atoms with Crippen LogP contribution >= 0.6 is 11.6 Å². The van der Waals surface area contributed by atoms with Crippen LogP contribution < -0.4 is 11.1 Å². The van der Waals surface area contributed by atoms with Crippen LogP contribution in [0.1, 0.15) is 20.3 Å². The van der Waals surface area contributed by atoms with Crippen LogP contribution in [0.3, 0.4) is 0 Å². The van der Waals surface area contributed by atoms with Crippen LogP contribution in [0.15, 0.2) is 12.5 Å². The first-order valence-electron chi connectivity index (χ1n) is 4.49. The van der Waals surface area contributed by atoms with E-state index in [1.807, 2.05) is 0 Å². The molecule has 0 aliphatic heterocycles. The highest BCUT2D eigenvalue weighted by Crippen LogP contribution is 2.21. The van der Waals surface area contributed by atoms with E-state index in [1.165, 1.54) is 6.33 Å². The molecule has 0 unspecified atom stereocenters. The van der Waals surface area contributed by atoms with E-state index in [1.54, 1.807) is 6.20 Å². The number of nitrogens with two attached hydrogens (primary N) is 1. The lowest BCUT2D eigenvalue weighted by molar-refractivity contribution is 0.524. The Kier molecular flexibility index (Phi) is 3.66. The van der Waals surface area contributed by atoms with Crippen molar-refractivity contribution in [3.63, 3.8) is 0 Å². The maximum atomic E-state index is 5.91. The van der Waals surface area contributed by atoms with E-state index in [4.69, 9.17) is 17.3 Å². The van der Waals surface area contributed by atoms with Crippen molar-refractivity contribution >= 4 is 17.4 Å². The molecule has 78 valence electrons. The minimum Gasteiger partial charge on any atom is -0.364 e. The summed E-state index contributed by atoms with van der Waals surface area (Å²) in [6.07, 6.45) is 3.88. The zero-order valence-electron chi connectivity index (χ0n) is 8.42. The number of hydrogen-bond donors (Lipinski definition) is 2. The number of rotatable bonds is 4. The van der Waals surface area contributed by atoms with Crippen molar-refractivity contribution < 1.29 is 0 Å². The second-order valence-electron chi connectivity index (χ2n) is 3.77. The monoisotopic (exact) mass is 214 g/mol. The summed E-state index contributed by atoms with van der Waals surface area (Å²) >= 11 is 5.91. The van der Waals surface area contributed by atoms with Gasteiger partial charge in [-0.15, -0.1) is 0 Å². The lowest BCUT2D eigenvalue weighted by Gasteiger charge is -2.26. The largest absolute Gasteiger partial charge is 0.364 e. The van der Waals surface area contributed by atoms with Crippen LogP contribution in [0.5, 0.6) is 0 Å². The fraction of sp³-hybridized carbons (Fsp3) is 0.556. The predicted molar refractivity (Wildman–Crippen MR) is 58.4 cm³/mol. The number of aromatic nitrogens is 2. The highest BCUT2D eigenvalue weighted by atomic mass is 35.5. The zero-order chi connectivity index (χ0) is 10.6. The smallest absolute Gasteiger partial charge is 0.148 e. The van der Waals surface area contributed by atoms with E-state index >= 15 is 0 Å². The summed E-state index contributed by atoms with van der Waals surface area (Å²) in [7, 11) is 0. The van der Waals surface area contributed by atoms with Gasteiger partial charge in [0.15, 0.2) is 0 Å². The molecule has 14 heavy (non-hydrogen) atoms. The number of hydrogen-bond acceptors (Lipinski definition) is 4. The first-order valence-corrected chi connectivity index (χ1v) is 4.87. The first-order chi connectivity index (χ1) is 6.55. The van der Waals surface area contributed by atoms with E-state index in [0.29, 0.717) is 17.4 Å². The molecule has 1 rings (SSSR count). The summed E-state index contributed by atoms with van der Waals surface area (Å²) in [4.78, 5) is 7.86. The van der Waals surface area contributed by atoms with E-state index in [9.17, 15) is 0 Å². The van der Waals surface area contributed by atoms with Crippen molar-refractivity contribution in [1.82, 2.24) is 9.97 Å². The fourth-order valence-corrected chi connectivity index (χ4v) is 1.30. The first kappa shape index (κ1) is 11.2. The van der Waals surface area contributed by atoms with Crippen LogP contribution in [0.25, 0.3) is 0 Å². The van der Waals surface area contributed by atoms with Gasteiger partial charge in [-0.3, -0.25) is 0 Å². The molecule has 0 saturated carbocycles. The average Bonchev–Trinajstić information content (AvgIpc) is 2.08. The highest BCUT2D eigenvalue weighted by Gasteiger charge is 2.17. The molecule has 1 aromatic rings. The minimum atomic E-state index is -0.104. The number of anilines is 1. The molecule has 1 heterocycles. The van der Waals surface area contributed by atoms with E-state index in [0.717, 1.165) is 6.42 Å². The number of nitrogens with zero attached hydrogens (tertiary/aromatic N) is 2. The Morgan fingerprint density at radius 1 is 1.57 bits per heavy atom. The quantitative estimate of drug-likeness (QED) is 0.801.